The Morgan fingerprint density at radius 3 is 2.88 bits per heavy atom. The van der Waals surface area contributed by atoms with Gasteiger partial charge in [-0.15, -0.1) is 0 Å². The molecule has 1 aromatic heterocycles. The number of aliphatic hydroxyl groups excluding tert-OH is 1. The second kappa shape index (κ2) is 8.52. The van der Waals surface area contributed by atoms with Crippen molar-refractivity contribution < 1.29 is 9.90 Å². The Bertz CT molecular complexity index is 572. The minimum atomic E-state index is -0.358. The lowest BCUT2D eigenvalue weighted by atomic mass is 9.94. The zero-order valence-corrected chi connectivity index (χ0v) is 15.2. The lowest BCUT2D eigenvalue weighted by molar-refractivity contribution is 0.0738. The summed E-state index contributed by atoms with van der Waals surface area (Å²) in [4.78, 5) is 21.1. The number of rotatable bonds is 4. The third-order valence-electron chi connectivity index (χ3n) is 5.36. The van der Waals surface area contributed by atoms with E-state index in [1.54, 1.807) is 0 Å². The fourth-order valence-corrected chi connectivity index (χ4v) is 3.74. The maximum Gasteiger partial charge on any atom is 0.317 e. The third-order valence-corrected chi connectivity index (χ3v) is 5.36. The van der Waals surface area contributed by atoms with Crippen molar-refractivity contribution in [3.63, 3.8) is 0 Å². The number of carbonyl (C=O) groups excluding carboxylic acids is 1. The smallest absolute Gasteiger partial charge is 0.317 e. The van der Waals surface area contributed by atoms with Crippen LogP contribution in [-0.2, 0) is 6.54 Å². The van der Waals surface area contributed by atoms with Gasteiger partial charge in [-0.3, -0.25) is 0 Å². The van der Waals surface area contributed by atoms with Gasteiger partial charge in [-0.1, -0.05) is 0 Å². The first kappa shape index (κ1) is 18.0. The van der Waals surface area contributed by atoms with Crippen molar-refractivity contribution in [2.24, 2.45) is 5.92 Å². The van der Waals surface area contributed by atoms with E-state index < -0.39 is 0 Å². The van der Waals surface area contributed by atoms with E-state index in [1.165, 1.54) is 19.3 Å². The van der Waals surface area contributed by atoms with Gasteiger partial charge in [-0.2, -0.15) is 0 Å². The van der Waals surface area contributed by atoms with E-state index in [2.05, 4.69) is 21.3 Å². The number of carbonyl (C=O) groups is 1. The van der Waals surface area contributed by atoms with Gasteiger partial charge >= 0.3 is 6.03 Å². The van der Waals surface area contributed by atoms with Crippen LogP contribution in [0.5, 0.6) is 0 Å². The van der Waals surface area contributed by atoms with E-state index >= 15 is 0 Å². The van der Waals surface area contributed by atoms with Crippen LogP contribution in [0.4, 0.5) is 10.6 Å². The van der Waals surface area contributed by atoms with E-state index in [9.17, 15) is 9.90 Å². The van der Waals surface area contributed by atoms with Crippen LogP contribution in [0.2, 0.25) is 0 Å². The van der Waals surface area contributed by atoms with Gasteiger partial charge < -0.3 is 20.2 Å². The quantitative estimate of drug-likeness (QED) is 0.878. The SMILES string of the molecule is CC(O)C1CCCN(C(=O)NCc2ccnc(N3CCCCC3)c2)C1. The number of hydrogen-bond acceptors (Lipinski definition) is 4. The summed E-state index contributed by atoms with van der Waals surface area (Å²) in [5, 5.41) is 12.8. The second-order valence-electron chi connectivity index (χ2n) is 7.32. The molecule has 3 heterocycles. The zero-order valence-electron chi connectivity index (χ0n) is 15.2. The van der Waals surface area contributed by atoms with Crippen molar-refractivity contribution in [1.29, 1.82) is 0 Å². The standard InChI is InChI=1S/C19H30N4O2/c1-15(24)17-6-5-11-23(14-17)19(25)21-13-16-7-8-20-18(12-16)22-9-3-2-4-10-22/h7-8,12,15,17,24H,2-6,9-11,13-14H2,1H3,(H,21,25). The first-order chi connectivity index (χ1) is 12.1. The molecule has 6 nitrogen and oxygen atoms in total. The number of aliphatic hydroxyl groups is 1. The van der Waals surface area contributed by atoms with Crippen molar-refractivity contribution in [1.82, 2.24) is 15.2 Å². The molecule has 138 valence electrons. The van der Waals surface area contributed by atoms with Gasteiger partial charge in [0, 0.05) is 44.8 Å². The van der Waals surface area contributed by atoms with Crippen LogP contribution >= 0.6 is 0 Å². The molecule has 2 fully saturated rings. The van der Waals surface area contributed by atoms with E-state index in [0.29, 0.717) is 13.1 Å². The van der Waals surface area contributed by atoms with Gasteiger partial charge in [-0.05, 0) is 56.7 Å². The van der Waals surface area contributed by atoms with Crippen molar-refractivity contribution >= 4 is 11.8 Å². The second-order valence-corrected chi connectivity index (χ2v) is 7.32. The minimum Gasteiger partial charge on any atom is -0.393 e. The normalized spacial score (nSPS) is 22.6. The number of pyridine rings is 1. The van der Waals surface area contributed by atoms with Crippen LogP contribution in [0.1, 0.15) is 44.6 Å². The fourth-order valence-electron chi connectivity index (χ4n) is 3.74. The molecule has 2 atom stereocenters. The molecule has 2 amide bonds. The molecule has 3 rings (SSSR count). The first-order valence-corrected chi connectivity index (χ1v) is 9.54. The van der Waals surface area contributed by atoms with Crippen LogP contribution < -0.4 is 10.2 Å². The monoisotopic (exact) mass is 346 g/mol. The largest absolute Gasteiger partial charge is 0.393 e. The molecule has 0 radical (unpaired) electrons. The van der Waals surface area contributed by atoms with E-state index in [-0.39, 0.29) is 18.1 Å². The number of nitrogens with zero attached hydrogens (tertiary/aromatic N) is 3. The molecule has 25 heavy (non-hydrogen) atoms. The molecule has 0 aromatic carbocycles. The lowest BCUT2D eigenvalue weighted by Crippen LogP contribution is -2.47. The Morgan fingerprint density at radius 2 is 2.12 bits per heavy atom. The predicted octanol–water partition coefficient (Wildman–Crippen LogP) is 2.37. The van der Waals surface area contributed by atoms with Crippen molar-refractivity contribution in [2.75, 3.05) is 31.1 Å². The first-order valence-electron chi connectivity index (χ1n) is 9.54. The van der Waals surface area contributed by atoms with E-state index in [4.69, 9.17) is 0 Å². The maximum atomic E-state index is 12.4. The summed E-state index contributed by atoms with van der Waals surface area (Å²) in [6, 6.07) is 4.00. The highest BCUT2D eigenvalue weighted by Gasteiger charge is 2.26. The molecular formula is C19H30N4O2. The topological polar surface area (TPSA) is 68.7 Å². The van der Waals surface area contributed by atoms with Gasteiger partial charge in [-0.25, -0.2) is 9.78 Å². The highest BCUT2D eigenvalue weighted by atomic mass is 16.3. The Kier molecular flexibility index (Phi) is 6.13. The maximum absolute atomic E-state index is 12.4. The van der Waals surface area contributed by atoms with Gasteiger partial charge in [0.05, 0.1) is 6.10 Å². The van der Waals surface area contributed by atoms with Crippen LogP contribution in [-0.4, -0.2) is 53.3 Å². The molecule has 0 aliphatic carbocycles. The van der Waals surface area contributed by atoms with Gasteiger partial charge in [0.25, 0.3) is 0 Å². The molecule has 2 unspecified atom stereocenters. The fraction of sp³-hybridized carbons (Fsp3) is 0.684. The Labute approximate surface area is 150 Å². The number of hydrogen-bond donors (Lipinski definition) is 2. The molecule has 2 aliphatic rings. The molecular weight excluding hydrogens is 316 g/mol. The Balaban J connectivity index is 1.53. The lowest BCUT2D eigenvalue weighted by Gasteiger charge is -2.34. The summed E-state index contributed by atoms with van der Waals surface area (Å²) in [6.45, 7) is 5.86. The van der Waals surface area contributed by atoms with Crippen LogP contribution in [0.15, 0.2) is 18.3 Å². The highest BCUT2D eigenvalue weighted by Crippen LogP contribution is 2.20. The van der Waals surface area contributed by atoms with Gasteiger partial charge in [0.2, 0.25) is 0 Å². The summed E-state index contributed by atoms with van der Waals surface area (Å²) >= 11 is 0. The summed E-state index contributed by atoms with van der Waals surface area (Å²) in [6.07, 6.45) is 7.17. The molecule has 2 saturated heterocycles. The Hall–Kier alpha value is -1.82. The summed E-state index contributed by atoms with van der Waals surface area (Å²) in [5.74, 6) is 1.20. The number of likely N-dealkylation sites (tertiary alicyclic amines) is 1. The Morgan fingerprint density at radius 1 is 1.32 bits per heavy atom. The van der Waals surface area contributed by atoms with Gasteiger partial charge in [0.1, 0.15) is 5.82 Å². The van der Waals surface area contributed by atoms with Crippen LogP contribution in [0.25, 0.3) is 0 Å². The average Bonchev–Trinajstić information content (AvgIpc) is 2.67. The van der Waals surface area contributed by atoms with Crippen molar-refractivity contribution in [3.05, 3.63) is 23.9 Å². The number of aromatic nitrogens is 1. The van der Waals surface area contributed by atoms with Crippen LogP contribution in [0.3, 0.4) is 0 Å². The summed E-state index contributed by atoms with van der Waals surface area (Å²) in [7, 11) is 0. The third kappa shape index (κ3) is 4.84. The number of urea groups is 1. The number of anilines is 1. The van der Waals surface area contributed by atoms with Gasteiger partial charge in [0.15, 0.2) is 0 Å². The van der Waals surface area contributed by atoms with Crippen molar-refractivity contribution in [2.45, 2.75) is 51.7 Å². The number of nitrogens with one attached hydrogen (secondary N) is 1. The summed E-state index contributed by atoms with van der Waals surface area (Å²) in [5.41, 5.74) is 1.08. The summed E-state index contributed by atoms with van der Waals surface area (Å²) < 4.78 is 0. The molecule has 0 bridgehead atoms. The van der Waals surface area contributed by atoms with Crippen molar-refractivity contribution in [3.8, 4) is 0 Å². The van der Waals surface area contributed by atoms with E-state index in [1.807, 2.05) is 24.1 Å². The minimum absolute atomic E-state index is 0.0401. The van der Waals surface area contributed by atoms with Crippen LogP contribution in [0, 0.1) is 5.92 Å². The van der Waals surface area contributed by atoms with E-state index in [0.717, 1.165) is 43.9 Å². The number of amides is 2. The molecule has 1 aromatic rings. The molecule has 2 aliphatic heterocycles. The zero-order chi connectivity index (χ0) is 17.6. The average molecular weight is 346 g/mol. The highest BCUT2D eigenvalue weighted by molar-refractivity contribution is 5.74. The molecule has 6 heteroatoms. The number of piperidine rings is 2. The molecule has 0 saturated carbocycles. The molecule has 0 spiro atoms. The predicted molar refractivity (Wildman–Crippen MR) is 98.5 cm³/mol. The molecule has 2 N–H and O–H groups in total.